The first-order valence-electron chi connectivity index (χ1n) is 16.2. The molecule has 2 aromatic heterocycles. The van der Waals surface area contributed by atoms with Crippen molar-refractivity contribution in [2.45, 2.75) is 33.3 Å². The Labute approximate surface area is 287 Å². The Morgan fingerprint density at radius 1 is 0.878 bits per heavy atom. The molecule has 0 saturated carbocycles. The molecular formula is C40H35N3O5S. The Morgan fingerprint density at radius 2 is 1.69 bits per heavy atom. The van der Waals surface area contributed by atoms with Gasteiger partial charge >= 0.3 is 5.97 Å². The van der Waals surface area contributed by atoms with Crippen molar-refractivity contribution in [3.8, 4) is 27.3 Å². The number of H-pyrrole nitrogens is 1. The number of fused-ring (bicyclic) bond motifs is 4. The highest BCUT2D eigenvalue weighted by Crippen LogP contribution is 2.45. The standard InChI is InChI=1S/C40H35N3O5S/c1-22(2)20-42-38(44)25-9-10-27(31(17-25)40(46)47)29-19-35-32(37-26(21-48-35)14-16-49-37)18-30(29)39(45)43-34-12-11-33-28(13-15-41-33)36(34)23(3)24-7-5-4-6-8-24/h4-19,22-23,41H,20-21H2,1-3H3,(H,42,44)(H,43,45)(H,46,47)/t23-/m1/s1. The third-order valence-corrected chi connectivity index (χ3v) is 9.96. The van der Waals surface area contributed by atoms with Crippen molar-refractivity contribution in [1.29, 1.82) is 0 Å². The Morgan fingerprint density at radius 3 is 2.47 bits per heavy atom. The van der Waals surface area contributed by atoms with E-state index in [1.165, 1.54) is 6.07 Å². The molecule has 0 saturated heterocycles. The highest BCUT2D eigenvalue weighted by atomic mass is 32.1. The van der Waals surface area contributed by atoms with Gasteiger partial charge in [0.05, 0.1) is 5.56 Å². The van der Waals surface area contributed by atoms with Crippen LogP contribution < -0.4 is 15.4 Å². The Hall–Kier alpha value is -5.67. The second-order valence-corrected chi connectivity index (χ2v) is 13.6. The van der Waals surface area contributed by atoms with Crippen molar-refractivity contribution in [1.82, 2.24) is 10.3 Å². The van der Waals surface area contributed by atoms with Crippen LogP contribution in [0.15, 0.2) is 96.5 Å². The molecule has 3 heterocycles. The number of nitrogens with one attached hydrogen (secondary N) is 3. The van der Waals surface area contributed by atoms with Crippen molar-refractivity contribution >= 4 is 45.7 Å². The zero-order chi connectivity index (χ0) is 34.2. The van der Waals surface area contributed by atoms with Gasteiger partial charge in [0.2, 0.25) is 0 Å². The van der Waals surface area contributed by atoms with Crippen molar-refractivity contribution in [3.63, 3.8) is 0 Å². The van der Waals surface area contributed by atoms with Gasteiger partial charge in [0.1, 0.15) is 12.4 Å². The maximum Gasteiger partial charge on any atom is 0.336 e. The van der Waals surface area contributed by atoms with Crippen molar-refractivity contribution < 1.29 is 24.2 Å². The summed E-state index contributed by atoms with van der Waals surface area (Å²) in [4.78, 5) is 44.5. The average Bonchev–Trinajstić information content (AvgIpc) is 3.80. The second kappa shape index (κ2) is 13.1. The van der Waals surface area contributed by atoms with Gasteiger partial charge in [0, 0.05) is 62.4 Å². The van der Waals surface area contributed by atoms with Gasteiger partial charge < -0.3 is 25.5 Å². The van der Waals surface area contributed by atoms with Crippen molar-refractivity contribution in [2.24, 2.45) is 5.92 Å². The summed E-state index contributed by atoms with van der Waals surface area (Å²) >= 11 is 1.57. The fraction of sp³-hybridized carbons (Fsp3) is 0.175. The molecule has 1 aliphatic heterocycles. The van der Waals surface area contributed by atoms with Crippen molar-refractivity contribution in [3.05, 3.63) is 130 Å². The third-order valence-electron chi connectivity index (χ3n) is 8.97. The fourth-order valence-electron chi connectivity index (χ4n) is 6.45. The first-order chi connectivity index (χ1) is 23.7. The van der Waals surface area contributed by atoms with E-state index in [-0.39, 0.29) is 34.4 Å². The van der Waals surface area contributed by atoms with Crippen molar-refractivity contribution in [2.75, 3.05) is 11.9 Å². The largest absolute Gasteiger partial charge is 0.488 e. The molecule has 0 fully saturated rings. The highest BCUT2D eigenvalue weighted by Gasteiger charge is 2.27. The zero-order valence-electron chi connectivity index (χ0n) is 27.3. The number of hydrogen-bond donors (Lipinski definition) is 4. The number of carbonyl (C=O) groups is 3. The summed E-state index contributed by atoms with van der Waals surface area (Å²) in [6.07, 6.45) is 1.89. The lowest BCUT2D eigenvalue weighted by Gasteiger charge is -2.23. The summed E-state index contributed by atoms with van der Waals surface area (Å²) in [7, 11) is 0. The van der Waals surface area contributed by atoms with Gasteiger partial charge in [-0.3, -0.25) is 9.59 Å². The molecule has 9 heteroatoms. The number of ether oxygens (including phenoxy) is 1. The summed E-state index contributed by atoms with van der Waals surface area (Å²) in [6.45, 7) is 6.91. The Bertz CT molecular complexity index is 2230. The molecule has 4 aromatic carbocycles. The number of aromatic nitrogens is 1. The normalized spacial score (nSPS) is 12.6. The lowest BCUT2D eigenvalue weighted by Crippen LogP contribution is -2.27. The quantitative estimate of drug-likeness (QED) is 0.123. The smallest absolute Gasteiger partial charge is 0.336 e. The minimum atomic E-state index is -1.21. The number of carbonyl (C=O) groups excluding carboxylic acids is 2. The predicted molar refractivity (Wildman–Crippen MR) is 194 cm³/mol. The van der Waals surface area contributed by atoms with Gasteiger partial charge in [-0.25, -0.2) is 4.79 Å². The number of hydrogen-bond acceptors (Lipinski definition) is 5. The fourth-order valence-corrected chi connectivity index (χ4v) is 7.39. The molecular weight excluding hydrogens is 635 g/mol. The van der Waals surface area contributed by atoms with Gasteiger partial charge in [0.15, 0.2) is 0 Å². The molecule has 1 aliphatic rings. The number of carboxylic acids is 1. The number of aromatic amines is 1. The van der Waals surface area contributed by atoms with Crippen LogP contribution in [0, 0.1) is 5.92 Å². The number of carboxylic acid groups (broad SMARTS) is 1. The summed E-state index contributed by atoms with van der Waals surface area (Å²) < 4.78 is 6.14. The first kappa shape index (κ1) is 31.9. The van der Waals surface area contributed by atoms with E-state index in [1.54, 1.807) is 35.6 Å². The minimum Gasteiger partial charge on any atom is -0.488 e. The van der Waals surface area contributed by atoms with E-state index in [9.17, 15) is 19.5 Å². The van der Waals surface area contributed by atoms with E-state index in [1.807, 2.05) is 67.9 Å². The number of thiophene rings is 1. The molecule has 1 atom stereocenters. The number of benzene rings is 4. The molecule has 2 amide bonds. The Kier molecular flexibility index (Phi) is 8.52. The molecule has 0 radical (unpaired) electrons. The van der Waals surface area contributed by atoms with Crippen LogP contribution in [0.3, 0.4) is 0 Å². The van der Waals surface area contributed by atoms with Crippen LogP contribution in [-0.2, 0) is 6.61 Å². The molecule has 7 rings (SSSR count). The maximum absolute atomic E-state index is 14.6. The monoisotopic (exact) mass is 669 g/mol. The van der Waals surface area contributed by atoms with Gasteiger partial charge in [-0.2, -0.15) is 0 Å². The molecule has 0 bridgehead atoms. The number of anilines is 1. The van der Waals surface area contributed by atoms with Gasteiger partial charge in [0.25, 0.3) is 11.8 Å². The third kappa shape index (κ3) is 6.09. The van der Waals surface area contributed by atoms with E-state index in [0.717, 1.165) is 38.0 Å². The van der Waals surface area contributed by atoms with E-state index < -0.39 is 11.9 Å². The first-order valence-corrected chi connectivity index (χ1v) is 17.1. The second-order valence-electron chi connectivity index (χ2n) is 12.7. The van der Waals surface area contributed by atoms with Crippen LogP contribution in [0.1, 0.15) is 74.5 Å². The molecule has 6 aromatic rings. The summed E-state index contributed by atoms with van der Waals surface area (Å²) in [5, 5.41) is 19.4. The molecule has 8 nitrogen and oxygen atoms in total. The molecule has 0 spiro atoms. The van der Waals surface area contributed by atoms with E-state index in [0.29, 0.717) is 35.7 Å². The molecule has 0 aliphatic carbocycles. The molecule has 49 heavy (non-hydrogen) atoms. The number of rotatable bonds is 9. The van der Waals surface area contributed by atoms with E-state index in [2.05, 4.69) is 34.7 Å². The van der Waals surface area contributed by atoms with Crippen LogP contribution in [0.2, 0.25) is 0 Å². The lowest BCUT2D eigenvalue weighted by atomic mass is 9.88. The summed E-state index contributed by atoms with van der Waals surface area (Å²) in [5.41, 5.74) is 6.59. The molecule has 4 N–H and O–H groups in total. The minimum absolute atomic E-state index is 0.0471. The topological polar surface area (TPSA) is 121 Å². The lowest BCUT2D eigenvalue weighted by molar-refractivity contribution is 0.0697. The highest BCUT2D eigenvalue weighted by molar-refractivity contribution is 7.13. The van der Waals surface area contributed by atoms with E-state index >= 15 is 0 Å². The van der Waals surface area contributed by atoms with Gasteiger partial charge in [-0.15, -0.1) is 11.3 Å². The van der Waals surface area contributed by atoms with Crippen LogP contribution in [0.5, 0.6) is 5.75 Å². The van der Waals surface area contributed by atoms with Gasteiger partial charge in [-0.1, -0.05) is 57.2 Å². The maximum atomic E-state index is 14.6. The van der Waals surface area contributed by atoms with Crippen LogP contribution >= 0.6 is 11.3 Å². The average molecular weight is 670 g/mol. The Balaban J connectivity index is 1.36. The summed E-state index contributed by atoms with van der Waals surface area (Å²) in [6, 6.07) is 26.1. The zero-order valence-corrected chi connectivity index (χ0v) is 28.1. The molecule has 0 unspecified atom stereocenters. The van der Waals surface area contributed by atoms with Crippen LogP contribution in [0.25, 0.3) is 32.5 Å². The SMILES string of the molecule is CC(C)CNC(=O)c1ccc(-c2cc3c(cc2C(=O)Nc2ccc4[nH]ccc4c2[C@H](C)c2ccccc2)-c2sccc2CO3)c(C(=O)O)c1. The molecule has 246 valence electrons. The summed E-state index contributed by atoms with van der Waals surface area (Å²) in [5.74, 6) is -1.22. The van der Waals surface area contributed by atoms with Crippen LogP contribution in [0.4, 0.5) is 5.69 Å². The van der Waals surface area contributed by atoms with Crippen LogP contribution in [-0.4, -0.2) is 34.4 Å². The van der Waals surface area contributed by atoms with E-state index in [4.69, 9.17) is 4.74 Å². The predicted octanol–water partition coefficient (Wildman–Crippen LogP) is 8.94. The number of amides is 2. The van der Waals surface area contributed by atoms with Gasteiger partial charge in [-0.05, 0) is 82.1 Å². The number of aromatic carboxylic acids is 1.